The maximum absolute atomic E-state index is 11.9. The van der Waals surface area contributed by atoms with Gasteiger partial charge in [-0.05, 0) is 34.8 Å². The number of hydrogen-bond acceptors (Lipinski definition) is 4. The SMILES string of the molecule is O=C(NCCCCCCO)c1cccc([N+](=O)[O-])c1Br. The highest BCUT2D eigenvalue weighted by Crippen LogP contribution is 2.28. The molecule has 0 atom stereocenters. The fourth-order valence-corrected chi connectivity index (χ4v) is 2.31. The molecule has 0 saturated carbocycles. The van der Waals surface area contributed by atoms with Crippen molar-refractivity contribution in [3.05, 3.63) is 38.3 Å². The lowest BCUT2D eigenvalue weighted by atomic mass is 10.1. The second kappa shape index (κ2) is 8.65. The van der Waals surface area contributed by atoms with Crippen molar-refractivity contribution in [2.24, 2.45) is 0 Å². The molecule has 2 N–H and O–H groups in total. The van der Waals surface area contributed by atoms with Crippen molar-refractivity contribution < 1.29 is 14.8 Å². The molecule has 1 rings (SSSR count). The number of halogens is 1. The Morgan fingerprint density at radius 3 is 2.65 bits per heavy atom. The molecular formula is C13H17BrN2O4. The van der Waals surface area contributed by atoms with Crippen LogP contribution in [0.15, 0.2) is 22.7 Å². The Labute approximate surface area is 125 Å². The van der Waals surface area contributed by atoms with Crippen molar-refractivity contribution in [1.82, 2.24) is 5.32 Å². The summed E-state index contributed by atoms with van der Waals surface area (Å²) in [6.07, 6.45) is 3.44. The first-order valence-corrected chi connectivity index (χ1v) is 7.19. The summed E-state index contributed by atoms with van der Waals surface area (Å²) in [6, 6.07) is 4.37. The van der Waals surface area contributed by atoms with Gasteiger partial charge in [-0.2, -0.15) is 0 Å². The van der Waals surface area contributed by atoms with E-state index >= 15 is 0 Å². The van der Waals surface area contributed by atoms with Gasteiger partial charge in [-0.3, -0.25) is 14.9 Å². The Hall–Kier alpha value is -1.47. The highest BCUT2D eigenvalue weighted by Gasteiger charge is 2.18. The monoisotopic (exact) mass is 344 g/mol. The lowest BCUT2D eigenvalue weighted by Gasteiger charge is -2.07. The van der Waals surface area contributed by atoms with Gasteiger partial charge >= 0.3 is 0 Å². The normalized spacial score (nSPS) is 10.3. The molecule has 0 aliphatic heterocycles. The minimum atomic E-state index is -0.532. The van der Waals surface area contributed by atoms with Crippen LogP contribution in [0.5, 0.6) is 0 Å². The van der Waals surface area contributed by atoms with Crippen molar-refractivity contribution >= 4 is 27.5 Å². The summed E-state index contributed by atoms with van der Waals surface area (Å²) in [5.41, 5.74) is 0.134. The van der Waals surface area contributed by atoms with Crippen LogP contribution in [0.3, 0.4) is 0 Å². The van der Waals surface area contributed by atoms with Crippen LogP contribution in [0.25, 0.3) is 0 Å². The average molecular weight is 345 g/mol. The summed E-state index contributed by atoms with van der Waals surface area (Å²) >= 11 is 3.10. The molecule has 20 heavy (non-hydrogen) atoms. The highest BCUT2D eigenvalue weighted by molar-refractivity contribution is 9.10. The average Bonchev–Trinajstić information content (AvgIpc) is 2.42. The molecule has 7 heteroatoms. The largest absolute Gasteiger partial charge is 0.396 e. The molecule has 0 unspecified atom stereocenters. The zero-order chi connectivity index (χ0) is 15.0. The summed E-state index contributed by atoms with van der Waals surface area (Å²) in [5, 5.41) is 22.1. The molecule has 0 fully saturated rings. The third kappa shape index (κ3) is 4.90. The van der Waals surface area contributed by atoms with E-state index < -0.39 is 4.92 Å². The molecule has 1 aromatic carbocycles. The molecular weight excluding hydrogens is 328 g/mol. The van der Waals surface area contributed by atoms with Crippen LogP contribution >= 0.6 is 15.9 Å². The Kier molecular flexibility index (Phi) is 7.17. The van der Waals surface area contributed by atoms with Crippen LogP contribution < -0.4 is 5.32 Å². The lowest BCUT2D eigenvalue weighted by molar-refractivity contribution is -0.385. The number of nitro groups is 1. The van der Waals surface area contributed by atoms with E-state index in [1.807, 2.05) is 0 Å². The standard InChI is InChI=1S/C13H17BrN2O4/c14-12-10(6-5-7-11(12)16(19)20)13(18)15-8-3-1-2-4-9-17/h5-7,17H,1-4,8-9H2,(H,15,18). The van der Waals surface area contributed by atoms with Crippen LogP contribution in [-0.2, 0) is 0 Å². The maximum atomic E-state index is 11.9. The van der Waals surface area contributed by atoms with E-state index in [0.29, 0.717) is 6.54 Å². The van der Waals surface area contributed by atoms with Gasteiger partial charge in [0.2, 0.25) is 0 Å². The third-order valence-electron chi connectivity index (χ3n) is 2.79. The second-order valence-electron chi connectivity index (χ2n) is 4.29. The summed E-state index contributed by atoms with van der Waals surface area (Å²) in [5.74, 6) is -0.331. The molecule has 1 amide bonds. The molecule has 0 radical (unpaired) electrons. The van der Waals surface area contributed by atoms with E-state index in [-0.39, 0.29) is 28.2 Å². The number of hydrogen-bond donors (Lipinski definition) is 2. The van der Waals surface area contributed by atoms with E-state index in [1.54, 1.807) is 0 Å². The smallest absolute Gasteiger partial charge is 0.284 e. The molecule has 0 heterocycles. The van der Waals surface area contributed by atoms with Gasteiger partial charge in [0, 0.05) is 19.2 Å². The fraction of sp³-hybridized carbons (Fsp3) is 0.462. The van der Waals surface area contributed by atoms with Crippen molar-refractivity contribution in [1.29, 1.82) is 0 Å². The van der Waals surface area contributed by atoms with Gasteiger partial charge in [-0.1, -0.05) is 18.9 Å². The first kappa shape index (κ1) is 16.6. The van der Waals surface area contributed by atoms with Crippen molar-refractivity contribution in [2.45, 2.75) is 25.7 Å². The van der Waals surface area contributed by atoms with E-state index in [1.165, 1.54) is 18.2 Å². The van der Waals surface area contributed by atoms with Crippen LogP contribution in [-0.4, -0.2) is 29.1 Å². The molecule has 0 aliphatic carbocycles. The third-order valence-corrected chi connectivity index (χ3v) is 3.62. The minimum absolute atomic E-state index is 0.124. The van der Waals surface area contributed by atoms with Gasteiger partial charge in [0.25, 0.3) is 11.6 Å². The summed E-state index contributed by atoms with van der Waals surface area (Å²) in [7, 11) is 0. The number of aliphatic hydroxyl groups excluding tert-OH is 1. The summed E-state index contributed by atoms with van der Waals surface area (Å²) in [6.45, 7) is 0.701. The fourth-order valence-electron chi connectivity index (χ4n) is 1.72. The van der Waals surface area contributed by atoms with Crippen LogP contribution in [0.4, 0.5) is 5.69 Å². The molecule has 0 aromatic heterocycles. The summed E-state index contributed by atoms with van der Waals surface area (Å²) in [4.78, 5) is 22.2. The molecule has 0 aliphatic rings. The van der Waals surface area contributed by atoms with E-state index in [0.717, 1.165) is 25.7 Å². The molecule has 6 nitrogen and oxygen atoms in total. The quantitative estimate of drug-likeness (QED) is 0.430. The maximum Gasteiger partial charge on any atom is 0.284 e. The van der Waals surface area contributed by atoms with E-state index in [9.17, 15) is 14.9 Å². The molecule has 0 bridgehead atoms. The topological polar surface area (TPSA) is 92.5 Å². The predicted molar refractivity (Wildman–Crippen MR) is 78.7 cm³/mol. The summed E-state index contributed by atoms with van der Waals surface area (Å²) < 4.78 is 0.197. The van der Waals surface area contributed by atoms with Crippen LogP contribution in [0.1, 0.15) is 36.0 Å². The second-order valence-corrected chi connectivity index (χ2v) is 5.08. The van der Waals surface area contributed by atoms with Gasteiger partial charge in [-0.15, -0.1) is 0 Å². The molecule has 0 spiro atoms. The first-order valence-electron chi connectivity index (χ1n) is 6.40. The zero-order valence-corrected chi connectivity index (χ0v) is 12.6. The Morgan fingerprint density at radius 1 is 1.30 bits per heavy atom. The van der Waals surface area contributed by atoms with Gasteiger partial charge in [-0.25, -0.2) is 0 Å². The Bertz CT molecular complexity index is 479. The number of nitro benzene ring substituents is 1. The Morgan fingerprint density at radius 2 is 2.00 bits per heavy atom. The number of rotatable bonds is 8. The number of carbonyl (C=O) groups excluding carboxylic acids is 1. The zero-order valence-electron chi connectivity index (χ0n) is 11.0. The van der Waals surface area contributed by atoms with E-state index in [4.69, 9.17) is 5.11 Å². The first-order chi connectivity index (χ1) is 9.57. The number of carbonyl (C=O) groups is 1. The molecule has 110 valence electrons. The predicted octanol–water partition coefficient (Wildman–Crippen LogP) is 2.64. The molecule has 0 saturated heterocycles. The van der Waals surface area contributed by atoms with Crippen LogP contribution in [0.2, 0.25) is 0 Å². The number of nitrogens with zero attached hydrogens (tertiary/aromatic N) is 1. The Balaban J connectivity index is 2.52. The highest BCUT2D eigenvalue weighted by atomic mass is 79.9. The number of amides is 1. The van der Waals surface area contributed by atoms with Crippen molar-refractivity contribution in [3.8, 4) is 0 Å². The van der Waals surface area contributed by atoms with Gasteiger partial charge in [0.1, 0.15) is 4.47 Å². The number of nitrogens with one attached hydrogen (secondary N) is 1. The minimum Gasteiger partial charge on any atom is -0.396 e. The lowest BCUT2D eigenvalue weighted by Crippen LogP contribution is -2.24. The number of unbranched alkanes of at least 4 members (excludes halogenated alkanes) is 3. The van der Waals surface area contributed by atoms with Crippen molar-refractivity contribution in [2.75, 3.05) is 13.2 Å². The van der Waals surface area contributed by atoms with Gasteiger partial charge < -0.3 is 10.4 Å². The van der Waals surface area contributed by atoms with Gasteiger partial charge in [0.05, 0.1) is 10.5 Å². The number of aliphatic hydroxyl groups is 1. The van der Waals surface area contributed by atoms with Gasteiger partial charge in [0.15, 0.2) is 0 Å². The van der Waals surface area contributed by atoms with Crippen LogP contribution in [0, 0.1) is 10.1 Å². The molecule has 1 aromatic rings. The van der Waals surface area contributed by atoms with Crippen molar-refractivity contribution in [3.63, 3.8) is 0 Å². The van der Waals surface area contributed by atoms with E-state index in [2.05, 4.69) is 21.2 Å². The number of benzene rings is 1.